The van der Waals surface area contributed by atoms with Gasteiger partial charge in [0.05, 0.1) is 0 Å². The summed E-state index contributed by atoms with van der Waals surface area (Å²) >= 11 is 1.46. The Kier molecular flexibility index (Phi) is 2.41. The van der Waals surface area contributed by atoms with E-state index in [0.29, 0.717) is 0 Å². The molecule has 3 N–H and O–H groups in total. The lowest BCUT2D eigenvalue weighted by atomic mass is 10.3. The maximum Gasteiger partial charge on any atom is 0.171 e. The van der Waals surface area contributed by atoms with Crippen LogP contribution in [0.4, 0.5) is 5.69 Å². The first-order chi connectivity index (χ1) is 6.75. The van der Waals surface area contributed by atoms with Gasteiger partial charge in [-0.25, -0.2) is 9.97 Å². The highest BCUT2D eigenvalue weighted by Gasteiger charge is 2.02. The van der Waals surface area contributed by atoms with E-state index in [1.54, 1.807) is 18.6 Å². The Labute approximate surface area is 86.0 Å². The highest BCUT2D eigenvalue weighted by Crippen LogP contribution is 2.24. The first-order valence-electron chi connectivity index (χ1n) is 4.15. The van der Waals surface area contributed by atoms with Crippen molar-refractivity contribution in [1.29, 1.82) is 0 Å². The Morgan fingerprint density at radius 2 is 2.29 bits per heavy atom. The number of nitrogen functional groups attached to an aromatic ring is 1. The number of nitrogens with one attached hydrogen (secondary N) is 1. The molecular formula is C9H10N4S. The summed E-state index contributed by atoms with van der Waals surface area (Å²) in [4.78, 5) is 11.3. The minimum absolute atomic E-state index is 0.758. The predicted molar refractivity (Wildman–Crippen MR) is 56.1 cm³/mol. The van der Waals surface area contributed by atoms with Crippen LogP contribution in [-0.4, -0.2) is 15.0 Å². The Bertz CT molecular complexity index is 424. The zero-order valence-corrected chi connectivity index (χ0v) is 8.51. The molecule has 2 aromatic rings. The van der Waals surface area contributed by atoms with E-state index in [4.69, 9.17) is 5.73 Å². The first kappa shape index (κ1) is 9.08. The SMILES string of the molecule is Cc1cnc(Sc2ncc[nH]2)cc1N. The minimum Gasteiger partial charge on any atom is -0.398 e. The molecule has 0 aromatic carbocycles. The van der Waals surface area contributed by atoms with Gasteiger partial charge < -0.3 is 10.7 Å². The van der Waals surface area contributed by atoms with Crippen molar-refractivity contribution >= 4 is 17.4 Å². The molecule has 0 unspecified atom stereocenters. The molecule has 2 rings (SSSR count). The number of H-pyrrole nitrogens is 1. The summed E-state index contributed by atoms with van der Waals surface area (Å²) in [7, 11) is 0. The largest absolute Gasteiger partial charge is 0.398 e. The lowest BCUT2D eigenvalue weighted by Crippen LogP contribution is -1.91. The highest BCUT2D eigenvalue weighted by molar-refractivity contribution is 7.99. The number of imidazole rings is 1. The van der Waals surface area contributed by atoms with Crippen LogP contribution in [0, 0.1) is 6.92 Å². The molecule has 0 radical (unpaired) electrons. The molecule has 0 saturated heterocycles. The molecule has 0 amide bonds. The quantitative estimate of drug-likeness (QED) is 0.786. The fourth-order valence-corrected chi connectivity index (χ4v) is 1.71. The lowest BCUT2D eigenvalue weighted by molar-refractivity contribution is 1.04. The van der Waals surface area contributed by atoms with E-state index >= 15 is 0 Å². The number of hydrogen-bond donors (Lipinski definition) is 2. The molecular weight excluding hydrogens is 196 g/mol. The summed E-state index contributed by atoms with van der Waals surface area (Å²) in [5, 5.41) is 1.67. The van der Waals surface area contributed by atoms with Gasteiger partial charge in [-0.2, -0.15) is 0 Å². The number of aryl methyl sites for hydroxylation is 1. The Hall–Kier alpha value is -1.49. The molecule has 2 aromatic heterocycles. The number of aromatic amines is 1. The van der Waals surface area contributed by atoms with Crippen LogP contribution in [0.5, 0.6) is 0 Å². The second-order valence-electron chi connectivity index (χ2n) is 2.88. The van der Waals surface area contributed by atoms with E-state index < -0.39 is 0 Å². The van der Waals surface area contributed by atoms with Gasteiger partial charge in [-0.05, 0) is 30.3 Å². The van der Waals surface area contributed by atoms with Crippen molar-refractivity contribution < 1.29 is 0 Å². The number of aromatic nitrogens is 3. The van der Waals surface area contributed by atoms with Crippen LogP contribution in [0.2, 0.25) is 0 Å². The summed E-state index contributed by atoms with van der Waals surface area (Å²) in [6.45, 7) is 1.93. The topological polar surface area (TPSA) is 67.6 Å². The van der Waals surface area contributed by atoms with E-state index in [0.717, 1.165) is 21.4 Å². The summed E-state index contributed by atoms with van der Waals surface area (Å²) in [5.41, 5.74) is 7.52. The van der Waals surface area contributed by atoms with Gasteiger partial charge in [-0.1, -0.05) is 0 Å². The van der Waals surface area contributed by atoms with Gasteiger partial charge in [0.1, 0.15) is 5.03 Å². The molecule has 14 heavy (non-hydrogen) atoms. The maximum absolute atomic E-state index is 5.77. The Morgan fingerprint density at radius 3 is 2.93 bits per heavy atom. The molecule has 0 spiro atoms. The second-order valence-corrected chi connectivity index (χ2v) is 3.88. The van der Waals surface area contributed by atoms with Crippen molar-refractivity contribution in [2.24, 2.45) is 0 Å². The van der Waals surface area contributed by atoms with Crippen molar-refractivity contribution in [3.63, 3.8) is 0 Å². The average molecular weight is 206 g/mol. The smallest absolute Gasteiger partial charge is 0.171 e. The molecule has 72 valence electrons. The van der Waals surface area contributed by atoms with Crippen LogP contribution in [0.15, 0.2) is 34.8 Å². The van der Waals surface area contributed by atoms with Gasteiger partial charge in [-0.3, -0.25) is 0 Å². The normalized spacial score (nSPS) is 10.4. The summed E-state index contributed by atoms with van der Waals surface area (Å²) in [6.07, 6.45) is 5.25. The summed E-state index contributed by atoms with van der Waals surface area (Å²) in [5.74, 6) is 0. The van der Waals surface area contributed by atoms with E-state index in [2.05, 4.69) is 15.0 Å². The standard InChI is InChI=1S/C9H10N4S/c1-6-5-13-8(4-7(6)10)14-9-11-2-3-12-9/h2-5H,1H3,(H2,10,13)(H,11,12). The third-order valence-corrected chi connectivity index (χ3v) is 2.64. The zero-order chi connectivity index (χ0) is 9.97. The van der Waals surface area contributed by atoms with E-state index in [1.165, 1.54) is 11.8 Å². The van der Waals surface area contributed by atoms with Crippen LogP contribution >= 0.6 is 11.8 Å². The zero-order valence-electron chi connectivity index (χ0n) is 7.69. The Balaban J connectivity index is 2.22. The van der Waals surface area contributed by atoms with Crippen molar-refractivity contribution in [3.8, 4) is 0 Å². The fourth-order valence-electron chi connectivity index (χ4n) is 0.981. The third-order valence-electron chi connectivity index (χ3n) is 1.79. The number of pyridine rings is 1. The molecule has 0 fully saturated rings. The van der Waals surface area contributed by atoms with Crippen LogP contribution in [0.3, 0.4) is 0 Å². The maximum atomic E-state index is 5.77. The monoisotopic (exact) mass is 206 g/mol. The molecule has 4 nitrogen and oxygen atoms in total. The molecule has 5 heteroatoms. The second kappa shape index (κ2) is 3.71. The van der Waals surface area contributed by atoms with Crippen LogP contribution in [0.1, 0.15) is 5.56 Å². The van der Waals surface area contributed by atoms with Crippen molar-refractivity contribution in [1.82, 2.24) is 15.0 Å². The predicted octanol–water partition coefficient (Wildman–Crippen LogP) is 1.85. The third kappa shape index (κ3) is 1.88. The van der Waals surface area contributed by atoms with Gasteiger partial charge >= 0.3 is 0 Å². The van der Waals surface area contributed by atoms with E-state index in [-0.39, 0.29) is 0 Å². The molecule has 0 saturated carbocycles. The highest BCUT2D eigenvalue weighted by atomic mass is 32.2. The molecule has 0 bridgehead atoms. The minimum atomic E-state index is 0.758. The summed E-state index contributed by atoms with van der Waals surface area (Å²) < 4.78 is 0. The number of nitrogens with zero attached hydrogens (tertiary/aromatic N) is 2. The molecule has 0 aliphatic carbocycles. The number of rotatable bonds is 2. The van der Waals surface area contributed by atoms with Crippen molar-refractivity contribution in [3.05, 3.63) is 30.2 Å². The number of nitrogens with two attached hydrogens (primary N) is 1. The van der Waals surface area contributed by atoms with Gasteiger partial charge in [0.15, 0.2) is 5.16 Å². The lowest BCUT2D eigenvalue weighted by Gasteiger charge is -2.01. The number of hydrogen-bond acceptors (Lipinski definition) is 4. The van der Waals surface area contributed by atoms with Crippen LogP contribution in [-0.2, 0) is 0 Å². The Morgan fingerprint density at radius 1 is 1.43 bits per heavy atom. The average Bonchev–Trinajstić information content (AvgIpc) is 2.64. The van der Waals surface area contributed by atoms with E-state index in [9.17, 15) is 0 Å². The van der Waals surface area contributed by atoms with Crippen molar-refractivity contribution in [2.45, 2.75) is 17.1 Å². The molecule has 2 heterocycles. The fraction of sp³-hybridized carbons (Fsp3) is 0.111. The molecule has 0 aliphatic rings. The van der Waals surface area contributed by atoms with Gasteiger partial charge in [0, 0.05) is 24.3 Å². The number of anilines is 1. The van der Waals surface area contributed by atoms with Gasteiger partial charge in [-0.15, -0.1) is 0 Å². The van der Waals surface area contributed by atoms with Gasteiger partial charge in [0.25, 0.3) is 0 Å². The van der Waals surface area contributed by atoms with Crippen molar-refractivity contribution in [2.75, 3.05) is 5.73 Å². The van der Waals surface area contributed by atoms with Gasteiger partial charge in [0.2, 0.25) is 0 Å². The molecule has 0 atom stereocenters. The van der Waals surface area contributed by atoms with Crippen LogP contribution < -0.4 is 5.73 Å². The van der Waals surface area contributed by atoms with Crippen LogP contribution in [0.25, 0.3) is 0 Å². The first-order valence-corrected chi connectivity index (χ1v) is 4.97. The summed E-state index contributed by atoms with van der Waals surface area (Å²) in [6, 6.07) is 1.85. The molecule has 0 aliphatic heterocycles. The van der Waals surface area contributed by atoms with E-state index in [1.807, 2.05) is 13.0 Å².